The van der Waals surface area contributed by atoms with E-state index in [0.29, 0.717) is 11.4 Å². The largest absolute Gasteiger partial charge is 0.360 e. The average molecular weight is 318 g/mol. The molecule has 0 fully saturated rings. The first-order valence-corrected chi connectivity index (χ1v) is 8.00. The van der Waals surface area contributed by atoms with Crippen LogP contribution in [-0.4, -0.2) is 23.5 Å². The van der Waals surface area contributed by atoms with E-state index in [0.717, 1.165) is 11.3 Å². The molecule has 0 saturated heterocycles. The van der Waals surface area contributed by atoms with E-state index in [1.165, 1.54) is 0 Å². The van der Waals surface area contributed by atoms with Crippen LogP contribution in [0.3, 0.4) is 0 Å². The van der Waals surface area contributed by atoms with Crippen LogP contribution < -0.4 is 4.72 Å². The minimum Gasteiger partial charge on any atom is -0.360 e. The van der Waals surface area contributed by atoms with E-state index in [2.05, 4.69) is 19.8 Å². The highest BCUT2D eigenvalue weighted by atomic mass is 32.2. The zero-order chi connectivity index (χ0) is 15.7. The Morgan fingerprint density at radius 3 is 2.73 bits per heavy atom. The normalized spacial score (nSPS) is 11.5. The Morgan fingerprint density at radius 1 is 1.27 bits per heavy atom. The molecule has 8 heteroatoms. The van der Waals surface area contributed by atoms with Crippen molar-refractivity contribution in [2.24, 2.45) is 0 Å². The maximum absolute atomic E-state index is 12.5. The number of hydrogen-bond donors (Lipinski definition) is 2. The van der Waals surface area contributed by atoms with E-state index in [-0.39, 0.29) is 10.7 Å². The molecule has 1 aromatic carbocycles. The number of hydrogen-bond acceptors (Lipinski definition) is 5. The molecule has 0 spiro atoms. The van der Waals surface area contributed by atoms with Crippen LogP contribution in [0.1, 0.15) is 11.5 Å². The van der Waals surface area contributed by atoms with Gasteiger partial charge in [0.25, 0.3) is 10.0 Å². The second kappa shape index (κ2) is 5.30. The number of sulfonamides is 1. The summed E-state index contributed by atoms with van der Waals surface area (Å²) in [5, 5.41) is 3.67. The van der Waals surface area contributed by atoms with Gasteiger partial charge in [-0.2, -0.15) is 0 Å². The number of rotatable bonds is 4. The van der Waals surface area contributed by atoms with Crippen LogP contribution >= 0.6 is 0 Å². The lowest BCUT2D eigenvalue weighted by Crippen LogP contribution is -2.14. The number of nitrogens with one attached hydrogen (secondary N) is 2. The van der Waals surface area contributed by atoms with E-state index in [9.17, 15) is 8.42 Å². The number of imidazole rings is 1. The smallest absolute Gasteiger partial charge is 0.267 e. The van der Waals surface area contributed by atoms with Crippen LogP contribution in [0.15, 0.2) is 46.2 Å². The van der Waals surface area contributed by atoms with Gasteiger partial charge < -0.3 is 9.51 Å². The summed E-state index contributed by atoms with van der Waals surface area (Å²) in [6, 6.07) is 7.03. The zero-order valence-electron chi connectivity index (χ0n) is 12.0. The molecule has 3 rings (SSSR count). The molecule has 0 radical (unpaired) electrons. The van der Waals surface area contributed by atoms with Crippen molar-refractivity contribution in [2.75, 3.05) is 4.72 Å². The van der Waals surface area contributed by atoms with Crippen molar-refractivity contribution in [3.63, 3.8) is 0 Å². The third kappa shape index (κ3) is 2.60. The summed E-state index contributed by atoms with van der Waals surface area (Å²) < 4.78 is 32.4. The Hall–Kier alpha value is -2.61. The zero-order valence-corrected chi connectivity index (χ0v) is 12.8. The average Bonchev–Trinajstić information content (AvgIpc) is 3.09. The predicted molar refractivity (Wildman–Crippen MR) is 80.8 cm³/mol. The van der Waals surface area contributed by atoms with Gasteiger partial charge in [0.15, 0.2) is 10.7 Å². The van der Waals surface area contributed by atoms with Crippen molar-refractivity contribution in [2.45, 2.75) is 18.7 Å². The van der Waals surface area contributed by atoms with E-state index in [1.54, 1.807) is 44.6 Å². The van der Waals surface area contributed by atoms with Crippen LogP contribution in [0.5, 0.6) is 0 Å². The Labute approximate surface area is 127 Å². The molecular weight excluding hydrogens is 304 g/mol. The number of aryl methyl sites for hydroxylation is 2. The lowest BCUT2D eigenvalue weighted by atomic mass is 10.1. The molecule has 2 aromatic heterocycles. The van der Waals surface area contributed by atoms with E-state index >= 15 is 0 Å². The lowest BCUT2D eigenvalue weighted by molar-refractivity contribution is 0.390. The Kier molecular flexibility index (Phi) is 3.45. The number of nitrogens with zero attached hydrogens (tertiary/aromatic N) is 2. The Morgan fingerprint density at radius 2 is 2.09 bits per heavy atom. The van der Waals surface area contributed by atoms with Gasteiger partial charge in [-0.1, -0.05) is 17.3 Å². The van der Waals surface area contributed by atoms with Gasteiger partial charge in [-0.3, -0.25) is 4.72 Å². The molecule has 2 heterocycles. The summed E-state index contributed by atoms with van der Waals surface area (Å²) in [7, 11) is -3.75. The fourth-order valence-electron chi connectivity index (χ4n) is 2.23. The van der Waals surface area contributed by atoms with Crippen LogP contribution in [0.2, 0.25) is 0 Å². The molecule has 22 heavy (non-hydrogen) atoms. The molecule has 0 atom stereocenters. The van der Waals surface area contributed by atoms with Crippen molar-refractivity contribution in [1.29, 1.82) is 0 Å². The molecule has 0 amide bonds. The summed E-state index contributed by atoms with van der Waals surface area (Å²) in [4.78, 5) is 7.00. The molecule has 0 unspecified atom stereocenters. The predicted octanol–water partition coefficient (Wildman–Crippen LogP) is 2.48. The van der Waals surface area contributed by atoms with E-state index in [1.807, 2.05) is 6.07 Å². The van der Waals surface area contributed by atoms with E-state index in [4.69, 9.17) is 4.52 Å². The maximum atomic E-state index is 12.5. The highest BCUT2D eigenvalue weighted by Crippen LogP contribution is 2.25. The summed E-state index contributed by atoms with van der Waals surface area (Å²) in [5.74, 6) is 0.259. The van der Waals surface area contributed by atoms with Gasteiger partial charge in [-0.05, 0) is 26.0 Å². The van der Waals surface area contributed by atoms with Crippen molar-refractivity contribution >= 4 is 15.7 Å². The standard InChI is InChI=1S/C14H14N4O3S/c1-9-14(10(2)21-17-9)22(19,20)18-12-5-3-4-11(6-12)13-7-15-8-16-13/h3-8,18H,1-2H3,(H,15,16). The molecule has 0 aliphatic heterocycles. The first-order valence-electron chi connectivity index (χ1n) is 6.52. The number of H-pyrrole nitrogens is 1. The number of benzene rings is 1. The first kappa shape index (κ1) is 14.3. The molecule has 114 valence electrons. The molecule has 0 bridgehead atoms. The summed E-state index contributed by atoms with van der Waals surface area (Å²) in [6.45, 7) is 3.15. The first-order chi connectivity index (χ1) is 10.5. The van der Waals surface area contributed by atoms with Crippen molar-refractivity contribution in [3.8, 4) is 11.3 Å². The van der Waals surface area contributed by atoms with Gasteiger partial charge >= 0.3 is 0 Å². The minimum atomic E-state index is -3.75. The maximum Gasteiger partial charge on any atom is 0.267 e. The summed E-state index contributed by atoms with van der Waals surface area (Å²) >= 11 is 0. The number of aromatic amines is 1. The van der Waals surface area contributed by atoms with Gasteiger partial charge in [-0.15, -0.1) is 0 Å². The molecule has 0 saturated carbocycles. The molecule has 3 aromatic rings. The highest BCUT2D eigenvalue weighted by Gasteiger charge is 2.24. The molecule has 7 nitrogen and oxygen atoms in total. The topological polar surface area (TPSA) is 101 Å². The van der Waals surface area contributed by atoms with E-state index < -0.39 is 10.0 Å². The minimum absolute atomic E-state index is 0.0689. The SMILES string of the molecule is Cc1noc(C)c1S(=O)(=O)Nc1cccc(-c2cnc[nH]2)c1. The van der Waals surface area contributed by atoms with Crippen molar-refractivity contribution < 1.29 is 12.9 Å². The second-order valence-electron chi connectivity index (χ2n) is 4.80. The van der Waals surface area contributed by atoms with Crippen LogP contribution in [-0.2, 0) is 10.0 Å². The number of anilines is 1. The Balaban J connectivity index is 1.95. The number of aromatic nitrogens is 3. The Bertz CT molecular complexity index is 879. The lowest BCUT2D eigenvalue weighted by Gasteiger charge is -2.08. The quantitative estimate of drug-likeness (QED) is 0.769. The third-order valence-corrected chi connectivity index (χ3v) is 4.79. The molecule has 0 aliphatic carbocycles. The van der Waals surface area contributed by atoms with Gasteiger partial charge in [0, 0.05) is 11.3 Å². The van der Waals surface area contributed by atoms with Gasteiger partial charge in [0.05, 0.1) is 18.2 Å². The summed E-state index contributed by atoms with van der Waals surface area (Å²) in [6.07, 6.45) is 3.23. The fraction of sp³-hybridized carbons (Fsp3) is 0.143. The van der Waals surface area contributed by atoms with Crippen LogP contribution in [0.4, 0.5) is 5.69 Å². The fourth-order valence-corrected chi connectivity index (χ4v) is 3.61. The molecule has 2 N–H and O–H groups in total. The van der Waals surface area contributed by atoms with Crippen molar-refractivity contribution in [1.82, 2.24) is 15.1 Å². The van der Waals surface area contributed by atoms with Gasteiger partial charge in [0.2, 0.25) is 0 Å². The van der Waals surface area contributed by atoms with Crippen LogP contribution in [0.25, 0.3) is 11.3 Å². The monoisotopic (exact) mass is 318 g/mol. The highest BCUT2D eigenvalue weighted by molar-refractivity contribution is 7.92. The van der Waals surface area contributed by atoms with Crippen LogP contribution in [0, 0.1) is 13.8 Å². The second-order valence-corrected chi connectivity index (χ2v) is 6.42. The van der Waals surface area contributed by atoms with Gasteiger partial charge in [0.1, 0.15) is 5.69 Å². The van der Waals surface area contributed by atoms with Gasteiger partial charge in [-0.25, -0.2) is 13.4 Å². The third-order valence-electron chi connectivity index (χ3n) is 3.16. The van der Waals surface area contributed by atoms with Crippen molar-refractivity contribution in [3.05, 3.63) is 48.2 Å². The molecular formula is C14H14N4O3S. The molecule has 0 aliphatic rings. The summed E-state index contributed by atoms with van der Waals surface area (Å²) in [5.41, 5.74) is 2.41.